The first kappa shape index (κ1) is 17.5. The van der Waals surface area contributed by atoms with Crippen molar-refractivity contribution in [3.63, 3.8) is 0 Å². The van der Waals surface area contributed by atoms with E-state index in [2.05, 4.69) is 30.2 Å². The molecule has 0 radical (unpaired) electrons. The van der Waals surface area contributed by atoms with Crippen molar-refractivity contribution in [2.24, 2.45) is 0 Å². The lowest BCUT2D eigenvalue weighted by Gasteiger charge is -2.26. The van der Waals surface area contributed by atoms with Gasteiger partial charge in [0, 0.05) is 38.3 Å². The summed E-state index contributed by atoms with van der Waals surface area (Å²) in [4.78, 5) is 18.0. The van der Waals surface area contributed by atoms with Crippen molar-refractivity contribution in [3.8, 4) is 17.1 Å². The van der Waals surface area contributed by atoms with Crippen LogP contribution in [0.4, 0.5) is 0 Å². The molecule has 1 saturated heterocycles. The molecule has 0 amide bonds. The van der Waals surface area contributed by atoms with Crippen molar-refractivity contribution >= 4 is 34.4 Å². The van der Waals surface area contributed by atoms with Crippen LogP contribution in [0, 0.1) is 0 Å². The zero-order valence-corrected chi connectivity index (χ0v) is 15.5. The van der Waals surface area contributed by atoms with Crippen LogP contribution in [0.25, 0.3) is 22.6 Å². The molecule has 0 unspecified atom stereocenters. The highest BCUT2D eigenvalue weighted by atomic mass is 35.5. The third kappa shape index (κ3) is 3.76. The van der Waals surface area contributed by atoms with E-state index in [0.29, 0.717) is 33.8 Å². The maximum absolute atomic E-state index is 6.43. The summed E-state index contributed by atoms with van der Waals surface area (Å²) in [6.07, 6.45) is 1.38. The number of nitrogens with one attached hydrogen (secondary N) is 2. The zero-order chi connectivity index (χ0) is 17.9. The first-order valence-corrected chi connectivity index (χ1v) is 9.18. The molecule has 3 aromatic rings. The van der Waals surface area contributed by atoms with Crippen molar-refractivity contribution in [3.05, 3.63) is 34.7 Å². The molecular weight excluding hydrogens is 375 g/mol. The molecule has 0 saturated carbocycles. The van der Waals surface area contributed by atoms with E-state index in [1.165, 1.54) is 6.33 Å². The Labute approximate surface area is 160 Å². The predicted molar refractivity (Wildman–Crippen MR) is 102 cm³/mol. The first-order chi connectivity index (χ1) is 12.7. The Morgan fingerprint density at radius 2 is 2.00 bits per heavy atom. The molecule has 1 aromatic carbocycles. The van der Waals surface area contributed by atoms with Crippen LogP contribution in [-0.4, -0.2) is 64.2 Å². The van der Waals surface area contributed by atoms with Crippen LogP contribution < -0.4 is 10.1 Å². The molecule has 136 valence electrons. The highest BCUT2D eigenvalue weighted by Crippen LogP contribution is 2.31. The minimum Gasteiger partial charge on any atom is -0.492 e. The predicted octanol–water partition coefficient (Wildman–Crippen LogP) is 2.61. The van der Waals surface area contributed by atoms with Crippen molar-refractivity contribution in [1.82, 2.24) is 30.2 Å². The van der Waals surface area contributed by atoms with Gasteiger partial charge in [-0.2, -0.15) is 0 Å². The molecular formula is C17H18Cl2N6O. The van der Waals surface area contributed by atoms with Crippen LogP contribution in [0.3, 0.4) is 0 Å². The minimum absolute atomic E-state index is 0.331. The molecule has 4 rings (SSSR count). The number of hydrogen-bond acceptors (Lipinski definition) is 6. The summed E-state index contributed by atoms with van der Waals surface area (Å²) in [5.74, 6) is 1.34. The van der Waals surface area contributed by atoms with Gasteiger partial charge in [0.15, 0.2) is 10.8 Å². The van der Waals surface area contributed by atoms with Gasteiger partial charge in [0.2, 0.25) is 0 Å². The molecule has 2 N–H and O–H groups in total. The van der Waals surface area contributed by atoms with Crippen LogP contribution in [0.15, 0.2) is 24.5 Å². The van der Waals surface area contributed by atoms with Crippen molar-refractivity contribution in [2.75, 3.05) is 39.3 Å². The summed E-state index contributed by atoms with van der Waals surface area (Å²) < 4.78 is 5.84. The van der Waals surface area contributed by atoms with Gasteiger partial charge in [0.05, 0.1) is 5.02 Å². The SMILES string of the molecule is Clc1cc(OCCN2CCNCC2)ccc1-c1nc2ncnc(Cl)c2[nH]1. The van der Waals surface area contributed by atoms with Crippen LogP contribution in [-0.2, 0) is 0 Å². The minimum atomic E-state index is 0.331. The van der Waals surface area contributed by atoms with Crippen LogP contribution in [0.5, 0.6) is 5.75 Å². The molecule has 0 aliphatic carbocycles. The molecule has 7 nitrogen and oxygen atoms in total. The molecule has 0 spiro atoms. The number of nitrogens with zero attached hydrogens (tertiary/aromatic N) is 4. The number of fused-ring (bicyclic) bond motifs is 1. The molecule has 26 heavy (non-hydrogen) atoms. The van der Waals surface area contributed by atoms with Gasteiger partial charge in [-0.3, -0.25) is 4.90 Å². The number of hydrogen-bond donors (Lipinski definition) is 2. The lowest BCUT2D eigenvalue weighted by atomic mass is 10.2. The molecule has 3 heterocycles. The highest BCUT2D eigenvalue weighted by molar-refractivity contribution is 6.34. The number of benzene rings is 1. The normalized spacial score (nSPS) is 15.5. The fourth-order valence-electron chi connectivity index (χ4n) is 2.93. The second-order valence-corrected chi connectivity index (χ2v) is 6.80. The van der Waals surface area contributed by atoms with Gasteiger partial charge in [-0.25, -0.2) is 15.0 Å². The quantitative estimate of drug-likeness (QED) is 0.649. The van der Waals surface area contributed by atoms with E-state index in [0.717, 1.165) is 44.0 Å². The van der Waals surface area contributed by atoms with Crippen LogP contribution >= 0.6 is 23.2 Å². The summed E-state index contributed by atoms with van der Waals surface area (Å²) in [5, 5.41) is 4.22. The lowest BCUT2D eigenvalue weighted by Crippen LogP contribution is -2.44. The van der Waals surface area contributed by atoms with E-state index in [1.807, 2.05) is 12.1 Å². The smallest absolute Gasteiger partial charge is 0.182 e. The first-order valence-electron chi connectivity index (χ1n) is 8.43. The second-order valence-electron chi connectivity index (χ2n) is 6.03. The van der Waals surface area contributed by atoms with Gasteiger partial charge >= 0.3 is 0 Å². The van der Waals surface area contributed by atoms with Gasteiger partial charge in [0.1, 0.15) is 30.0 Å². The molecule has 0 bridgehead atoms. The molecule has 1 fully saturated rings. The number of H-pyrrole nitrogens is 1. The number of piperazine rings is 1. The van der Waals surface area contributed by atoms with E-state index < -0.39 is 0 Å². The fourth-order valence-corrected chi connectivity index (χ4v) is 3.37. The topological polar surface area (TPSA) is 79.0 Å². The lowest BCUT2D eigenvalue weighted by molar-refractivity contribution is 0.191. The van der Waals surface area contributed by atoms with Gasteiger partial charge in [0.25, 0.3) is 0 Å². The Hall–Kier alpha value is -1.93. The van der Waals surface area contributed by atoms with E-state index in [4.69, 9.17) is 27.9 Å². The summed E-state index contributed by atoms with van der Waals surface area (Å²) in [5.41, 5.74) is 1.86. The molecule has 0 atom stereocenters. The highest BCUT2D eigenvalue weighted by Gasteiger charge is 2.13. The number of rotatable bonds is 5. The molecule has 2 aromatic heterocycles. The summed E-state index contributed by atoms with van der Waals surface area (Å²) in [7, 11) is 0. The third-order valence-corrected chi connectivity index (χ3v) is 4.92. The molecule has 1 aliphatic rings. The molecule has 9 heteroatoms. The number of ether oxygens (including phenoxy) is 1. The zero-order valence-electron chi connectivity index (χ0n) is 14.0. The van der Waals surface area contributed by atoms with E-state index in [1.54, 1.807) is 6.07 Å². The Bertz CT molecular complexity index is 909. The molecule has 1 aliphatic heterocycles. The van der Waals surface area contributed by atoms with Gasteiger partial charge < -0.3 is 15.0 Å². The van der Waals surface area contributed by atoms with Gasteiger partial charge in [-0.05, 0) is 18.2 Å². The van der Waals surface area contributed by atoms with Crippen molar-refractivity contribution in [2.45, 2.75) is 0 Å². The van der Waals surface area contributed by atoms with E-state index in [-0.39, 0.29) is 0 Å². The monoisotopic (exact) mass is 392 g/mol. The second kappa shape index (κ2) is 7.75. The summed E-state index contributed by atoms with van der Waals surface area (Å²) >= 11 is 12.5. The maximum atomic E-state index is 6.43. The average Bonchev–Trinajstić information content (AvgIpc) is 3.08. The maximum Gasteiger partial charge on any atom is 0.182 e. The Morgan fingerprint density at radius 3 is 2.77 bits per heavy atom. The number of imidazole rings is 1. The summed E-state index contributed by atoms with van der Waals surface area (Å²) in [6.45, 7) is 5.72. The largest absolute Gasteiger partial charge is 0.492 e. The standard InChI is InChI=1S/C17H18Cl2N6O/c18-13-9-11(26-8-7-25-5-3-20-4-6-25)1-2-12(13)16-23-14-15(19)21-10-22-17(14)24-16/h1-2,9-10,20H,3-8H2,(H,21,22,23,24). The third-order valence-electron chi connectivity index (χ3n) is 4.32. The Balaban J connectivity index is 1.45. The number of aromatic amines is 1. The van der Waals surface area contributed by atoms with E-state index in [9.17, 15) is 0 Å². The Kier molecular flexibility index (Phi) is 5.21. The number of aromatic nitrogens is 4. The number of halogens is 2. The fraction of sp³-hybridized carbons (Fsp3) is 0.353. The van der Waals surface area contributed by atoms with Crippen molar-refractivity contribution < 1.29 is 4.74 Å². The van der Waals surface area contributed by atoms with Gasteiger partial charge in [-0.1, -0.05) is 23.2 Å². The average molecular weight is 393 g/mol. The van der Waals surface area contributed by atoms with E-state index >= 15 is 0 Å². The van der Waals surface area contributed by atoms with Gasteiger partial charge in [-0.15, -0.1) is 0 Å². The Morgan fingerprint density at radius 1 is 1.15 bits per heavy atom. The van der Waals surface area contributed by atoms with Crippen molar-refractivity contribution in [1.29, 1.82) is 0 Å². The van der Waals surface area contributed by atoms with Crippen LogP contribution in [0.2, 0.25) is 10.2 Å². The summed E-state index contributed by atoms with van der Waals surface area (Å²) in [6, 6.07) is 5.57. The van der Waals surface area contributed by atoms with Crippen LogP contribution in [0.1, 0.15) is 0 Å².